The summed E-state index contributed by atoms with van der Waals surface area (Å²) >= 11 is 1.15. The molecule has 0 bridgehead atoms. The Morgan fingerprint density at radius 2 is 2.11 bits per heavy atom. The summed E-state index contributed by atoms with van der Waals surface area (Å²) in [6, 6.07) is 0. The van der Waals surface area contributed by atoms with Crippen molar-refractivity contribution < 1.29 is 19.1 Å². The van der Waals surface area contributed by atoms with E-state index in [0.717, 1.165) is 24.4 Å². The third-order valence-corrected chi connectivity index (χ3v) is 3.65. The van der Waals surface area contributed by atoms with Gasteiger partial charge >= 0.3 is 5.97 Å². The molecule has 19 heavy (non-hydrogen) atoms. The number of thiazole rings is 1. The van der Waals surface area contributed by atoms with E-state index in [2.05, 4.69) is 15.1 Å². The van der Waals surface area contributed by atoms with Crippen molar-refractivity contribution in [3.05, 3.63) is 10.6 Å². The van der Waals surface area contributed by atoms with Gasteiger partial charge in [0.25, 0.3) is 0 Å². The zero-order valence-corrected chi connectivity index (χ0v) is 11.6. The predicted molar refractivity (Wildman–Crippen MR) is 69.5 cm³/mol. The molecule has 8 heteroatoms. The minimum atomic E-state index is -0.600. The molecule has 0 radical (unpaired) electrons. The van der Waals surface area contributed by atoms with Crippen molar-refractivity contribution in [2.45, 2.75) is 6.92 Å². The number of rotatable bonds is 4. The lowest BCUT2D eigenvalue weighted by Gasteiger charge is -2.26. The largest absolute Gasteiger partial charge is 0.464 e. The van der Waals surface area contributed by atoms with Gasteiger partial charge in [0.15, 0.2) is 16.6 Å². The molecule has 0 atom stereocenters. The van der Waals surface area contributed by atoms with E-state index in [1.807, 2.05) is 5.01 Å². The molecular weight excluding hydrogens is 270 g/mol. The zero-order valence-electron chi connectivity index (χ0n) is 10.8. The van der Waals surface area contributed by atoms with Crippen LogP contribution in [0.4, 0.5) is 5.13 Å². The maximum atomic E-state index is 11.6. The van der Waals surface area contributed by atoms with Crippen LogP contribution in [0.5, 0.6) is 0 Å². The average Bonchev–Trinajstić information content (AvgIpc) is 2.83. The summed E-state index contributed by atoms with van der Waals surface area (Å²) in [5.74, 6) is -0.801. The molecule has 2 rings (SSSR count). The Morgan fingerprint density at radius 1 is 1.42 bits per heavy atom. The molecule has 0 aliphatic carbocycles. The van der Waals surface area contributed by atoms with Crippen molar-refractivity contribution in [2.24, 2.45) is 0 Å². The quantitative estimate of drug-likeness (QED) is 0.647. The molecule has 0 saturated carbocycles. The first-order valence-electron chi connectivity index (χ1n) is 5.81. The van der Waals surface area contributed by atoms with E-state index >= 15 is 0 Å². The van der Waals surface area contributed by atoms with Crippen LogP contribution in [-0.2, 0) is 9.47 Å². The molecule has 1 N–H and O–H groups in total. The molecule has 1 aromatic rings. The lowest BCUT2D eigenvalue weighted by Crippen LogP contribution is -2.40. The molecule has 0 spiro atoms. The summed E-state index contributed by atoms with van der Waals surface area (Å²) in [5, 5.41) is 2.44. The highest BCUT2D eigenvalue weighted by atomic mass is 32.1. The van der Waals surface area contributed by atoms with Crippen LogP contribution >= 0.6 is 11.3 Å². The number of carbonyl (C=O) groups excluding carboxylic acids is 2. The number of methoxy groups -OCH3 is 1. The molecule has 1 aliphatic heterocycles. The summed E-state index contributed by atoms with van der Waals surface area (Å²) < 4.78 is 9.86. The monoisotopic (exact) mass is 285 g/mol. The number of ketones is 1. The number of anilines is 1. The second kappa shape index (κ2) is 6.09. The molecule has 0 amide bonds. The predicted octanol–water partition coefficient (Wildman–Crippen LogP) is 0.791. The fraction of sp³-hybridized carbons (Fsp3) is 0.545. The minimum absolute atomic E-state index is 0.0655. The first-order valence-corrected chi connectivity index (χ1v) is 6.63. The van der Waals surface area contributed by atoms with Gasteiger partial charge in [0.2, 0.25) is 0 Å². The van der Waals surface area contributed by atoms with Gasteiger partial charge in [-0.1, -0.05) is 11.3 Å². The second-order valence-corrected chi connectivity index (χ2v) is 4.95. The first kappa shape index (κ1) is 13.9. The second-order valence-electron chi connectivity index (χ2n) is 3.96. The third kappa shape index (κ3) is 3.28. The van der Waals surface area contributed by atoms with Gasteiger partial charge in [-0.05, 0) is 0 Å². The van der Waals surface area contributed by atoms with E-state index in [1.54, 1.807) is 0 Å². The standard InChI is InChI=1S/C11H15N3O4S/c1-7(15)9-8(10(16)17-2)12-11(19-9)13-14-3-5-18-6-4-14/h3-6H2,1-2H3,(H,12,13). The van der Waals surface area contributed by atoms with Crippen molar-refractivity contribution in [3.63, 3.8) is 0 Å². The first-order chi connectivity index (χ1) is 9.11. The van der Waals surface area contributed by atoms with Gasteiger partial charge in [0.05, 0.1) is 20.3 Å². The fourth-order valence-electron chi connectivity index (χ4n) is 1.65. The van der Waals surface area contributed by atoms with Gasteiger partial charge in [-0.15, -0.1) is 0 Å². The molecule has 1 saturated heterocycles. The number of carbonyl (C=O) groups is 2. The van der Waals surface area contributed by atoms with Crippen LogP contribution in [0.3, 0.4) is 0 Å². The van der Waals surface area contributed by atoms with Crippen LogP contribution in [0, 0.1) is 0 Å². The summed E-state index contributed by atoms with van der Waals surface area (Å²) in [6.07, 6.45) is 0. The van der Waals surface area contributed by atoms with Crippen LogP contribution in [0.1, 0.15) is 27.1 Å². The van der Waals surface area contributed by atoms with Crippen LogP contribution in [0.25, 0.3) is 0 Å². The van der Waals surface area contributed by atoms with E-state index in [-0.39, 0.29) is 11.5 Å². The number of hydrogen-bond acceptors (Lipinski definition) is 8. The fourth-order valence-corrected chi connectivity index (χ4v) is 2.53. The number of hydrazine groups is 1. The number of nitrogens with one attached hydrogen (secondary N) is 1. The van der Waals surface area contributed by atoms with E-state index in [9.17, 15) is 9.59 Å². The summed E-state index contributed by atoms with van der Waals surface area (Å²) in [6.45, 7) is 4.13. The molecule has 2 heterocycles. The van der Waals surface area contributed by atoms with E-state index in [1.165, 1.54) is 14.0 Å². The lowest BCUT2D eigenvalue weighted by molar-refractivity contribution is 0.0496. The zero-order chi connectivity index (χ0) is 13.8. The number of esters is 1. The Labute approximate surface area is 114 Å². The van der Waals surface area contributed by atoms with E-state index in [0.29, 0.717) is 23.2 Å². The molecule has 7 nitrogen and oxygen atoms in total. The maximum absolute atomic E-state index is 11.6. The summed E-state index contributed by atoms with van der Waals surface area (Å²) in [7, 11) is 1.26. The normalized spacial score (nSPS) is 16.1. The van der Waals surface area contributed by atoms with Crippen LogP contribution in [0.15, 0.2) is 0 Å². The van der Waals surface area contributed by atoms with Gasteiger partial charge in [0, 0.05) is 20.0 Å². The SMILES string of the molecule is COC(=O)c1nc(NN2CCOCC2)sc1C(C)=O. The molecule has 1 fully saturated rings. The van der Waals surface area contributed by atoms with E-state index < -0.39 is 5.97 Å². The maximum Gasteiger partial charge on any atom is 0.358 e. The van der Waals surface area contributed by atoms with Crippen LogP contribution < -0.4 is 5.43 Å². The topological polar surface area (TPSA) is 80.8 Å². The molecule has 0 unspecified atom stereocenters. The molecular formula is C11H15N3O4S. The average molecular weight is 285 g/mol. The number of hydrogen-bond donors (Lipinski definition) is 1. The highest BCUT2D eigenvalue weighted by molar-refractivity contribution is 7.17. The Balaban J connectivity index is 2.17. The van der Waals surface area contributed by atoms with Gasteiger partial charge in [-0.2, -0.15) is 0 Å². The highest BCUT2D eigenvalue weighted by Gasteiger charge is 2.22. The Hall–Kier alpha value is -1.51. The summed E-state index contributed by atoms with van der Waals surface area (Å²) in [4.78, 5) is 27.5. The van der Waals surface area contributed by atoms with Crippen molar-refractivity contribution >= 4 is 28.2 Å². The lowest BCUT2D eigenvalue weighted by atomic mass is 10.3. The smallest absolute Gasteiger partial charge is 0.358 e. The molecule has 0 aromatic carbocycles. The Morgan fingerprint density at radius 3 is 2.68 bits per heavy atom. The molecule has 104 valence electrons. The molecule has 1 aliphatic rings. The third-order valence-electron chi connectivity index (χ3n) is 2.59. The van der Waals surface area contributed by atoms with Crippen molar-refractivity contribution in [3.8, 4) is 0 Å². The van der Waals surface area contributed by atoms with Crippen LogP contribution in [-0.4, -0.2) is 55.2 Å². The number of Topliss-reactive ketones (excluding diaryl/α,β-unsaturated/α-hetero) is 1. The minimum Gasteiger partial charge on any atom is -0.464 e. The van der Waals surface area contributed by atoms with Gasteiger partial charge in [0.1, 0.15) is 4.88 Å². The number of nitrogens with zero attached hydrogens (tertiary/aromatic N) is 2. The van der Waals surface area contributed by atoms with Crippen LogP contribution in [0.2, 0.25) is 0 Å². The number of aromatic nitrogens is 1. The van der Waals surface area contributed by atoms with E-state index in [4.69, 9.17) is 4.74 Å². The summed E-state index contributed by atoms with van der Waals surface area (Å²) in [5.41, 5.74) is 3.14. The molecule has 1 aromatic heterocycles. The van der Waals surface area contributed by atoms with Gasteiger partial charge < -0.3 is 9.47 Å². The Bertz CT molecular complexity index is 482. The van der Waals surface area contributed by atoms with Crippen molar-refractivity contribution in [1.29, 1.82) is 0 Å². The highest BCUT2D eigenvalue weighted by Crippen LogP contribution is 2.24. The number of morpholine rings is 1. The Kier molecular flexibility index (Phi) is 4.46. The number of ether oxygens (including phenoxy) is 2. The van der Waals surface area contributed by atoms with Crippen molar-refractivity contribution in [1.82, 2.24) is 9.99 Å². The van der Waals surface area contributed by atoms with Gasteiger partial charge in [-0.25, -0.2) is 14.8 Å². The van der Waals surface area contributed by atoms with Crippen molar-refractivity contribution in [2.75, 3.05) is 38.8 Å². The van der Waals surface area contributed by atoms with Gasteiger partial charge in [-0.3, -0.25) is 10.2 Å².